The lowest BCUT2D eigenvalue weighted by atomic mass is 9.97. The topological polar surface area (TPSA) is 112 Å². The zero-order valence-corrected chi connectivity index (χ0v) is 16.8. The van der Waals surface area contributed by atoms with Gasteiger partial charge in [0.2, 0.25) is 0 Å². The van der Waals surface area contributed by atoms with Crippen molar-refractivity contribution in [2.24, 2.45) is 5.92 Å². The summed E-state index contributed by atoms with van der Waals surface area (Å²) in [5.41, 5.74) is 0.174. The van der Waals surface area contributed by atoms with Crippen molar-refractivity contribution in [3.63, 3.8) is 0 Å². The van der Waals surface area contributed by atoms with Crippen LogP contribution in [-0.4, -0.2) is 51.9 Å². The number of carbonyl (C=O) groups excluding carboxylic acids is 2. The van der Waals surface area contributed by atoms with Crippen LogP contribution in [0.3, 0.4) is 0 Å². The summed E-state index contributed by atoms with van der Waals surface area (Å²) in [6.45, 7) is 0.592. The number of anilines is 1. The molecular weight excluding hydrogens is 435 g/mol. The highest BCUT2D eigenvalue weighted by Gasteiger charge is 2.38. The molecule has 1 aliphatic rings. The Kier molecular flexibility index (Phi) is 5.72. The molecule has 0 atom stereocenters. The molecule has 0 aromatic carbocycles. The van der Waals surface area contributed by atoms with Gasteiger partial charge in [-0.25, -0.2) is 4.79 Å². The van der Waals surface area contributed by atoms with Gasteiger partial charge in [-0.05, 0) is 31.0 Å². The monoisotopic (exact) mass is 453 g/mol. The fraction of sp³-hybridized carbons (Fsp3) is 0.421. The average Bonchev–Trinajstić information content (AvgIpc) is 3.43. The van der Waals surface area contributed by atoms with Crippen molar-refractivity contribution in [1.29, 1.82) is 0 Å². The summed E-state index contributed by atoms with van der Waals surface area (Å²) in [6.07, 6.45) is -2.52. The highest BCUT2D eigenvalue weighted by Crippen LogP contribution is 2.29. The Hall–Kier alpha value is -3.64. The molecule has 3 aromatic rings. The van der Waals surface area contributed by atoms with Crippen LogP contribution in [0.5, 0.6) is 0 Å². The summed E-state index contributed by atoms with van der Waals surface area (Å²) in [5.74, 6) is -2.12. The Labute approximate surface area is 178 Å². The number of furan rings is 1. The Balaban J connectivity index is 1.36. The van der Waals surface area contributed by atoms with Crippen LogP contribution in [0.25, 0.3) is 5.65 Å². The Morgan fingerprint density at radius 2 is 1.94 bits per heavy atom. The maximum Gasteiger partial charge on any atom is 0.453 e. The molecule has 1 saturated heterocycles. The third kappa shape index (κ3) is 4.22. The molecule has 0 radical (unpaired) electrons. The summed E-state index contributed by atoms with van der Waals surface area (Å²) >= 11 is 0. The maximum atomic E-state index is 13.1. The standard InChI is InChI=1S/C19H18F3N5O5/c1-30-17(29)12-6-9-31-13(12)10-32-16(28)11-4-7-26(8-5-11)15-3-2-14-23-24-18(19(20,21)22)27(14)25-15/h2-3,6,9,11H,4-5,7-8,10H2,1H3. The van der Waals surface area contributed by atoms with Crippen molar-refractivity contribution in [3.8, 4) is 0 Å². The van der Waals surface area contributed by atoms with Crippen molar-refractivity contribution < 1.29 is 36.7 Å². The Morgan fingerprint density at radius 3 is 2.62 bits per heavy atom. The van der Waals surface area contributed by atoms with Gasteiger partial charge in [-0.3, -0.25) is 4.79 Å². The van der Waals surface area contributed by atoms with Gasteiger partial charge in [0.1, 0.15) is 18.0 Å². The van der Waals surface area contributed by atoms with Crippen LogP contribution < -0.4 is 4.90 Å². The number of ether oxygens (including phenoxy) is 2. The van der Waals surface area contributed by atoms with Crippen LogP contribution in [0.2, 0.25) is 0 Å². The zero-order valence-electron chi connectivity index (χ0n) is 16.8. The number of methoxy groups -OCH3 is 1. The molecule has 4 rings (SSSR count). The molecule has 0 amide bonds. The number of aromatic nitrogens is 4. The quantitative estimate of drug-likeness (QED) is 0.538. The fourth-order valence-corrected chi connectivity index (χ4v) is 3.47. The fourth-order valence-electron chi connectivity index (χ4n) is 3.47. The third-order valence-electron chi connectivity index (χ3n) is 5.15. The number of nitrogens with zero attached hydrogens (tertiary/aromatic N) is 5. The van der Waals surface area contributed by atoms with Crippen molar-refractivity contribution in [2.45, 2.75) is 25.6 Å². The Bertz CT molecular complexity index is 1130. The second kappa shape index (κ2) is 8.48. The second-order valence-corrected chi connectivity index (χ2v) is 7.10. The number of hydrogen-bond donors (Lipinski definition) is 0. The van der Waals surface area contributed by atoms with Gasteiger partial charge in [0.15, 0.2) is 11.4 Å². The number of rotatable bonds is 5. The normalized spacial score (nSPS) is 15.2. The van der Waals surface area contributed by atoms with Crippen LogP contribution >= 0.6 is 0 Å². The summed E-state index contributed by atoms with van der Waals surface area (Å²) < 4.78 is 55.0. The number of esters is 2. The van der Waals surface area contributed by atoms with E-state index in [0.29, 0.717) is 36.3 Å². The first-order valence-corrected chi connectivity index (χ1v) is 9.64. The summed E-state index contributed by atoms with van der Waals surface area (Å²) in [5, 5.41) is 10.7. The average molecular weight is 453 g/mol. The van der Waals surface area contributed by atoms with Crippen molar-refractivity contribution >= 4 is 23.4 Å². The molecular formula is C19H18F3N5O5. The molecule has 0 unspecified atom stereocenters. The smallest absolute Gasteiger partial charge is 0.453 e. The molecule has 0 aliphatic carbocycles. The number of fused-ring (bicyclic) bond motifs is 1. The van der Waals surface area contributed by atoms with E-state index in [0.717, 1.165) is 0 Å². The van der Waals surface area contributed by atoms with E-state index in [2.05, 4.69) is 20.0 Å². The van der Waals surface area contributed by atoms with Gasteiger partial charge in [0.25, 0.3) is 5.82 Å². The molecule has 0 bridgehead atoms. The first kappa shape index (κ1) is 21.6. The molecule has 1 fully saturated rings. The van der Waals surface area contributed by atoms with Gasteiger partial charge in [-0.2, -0.15) is 17.7 Å². The van der Waals surface area contributed by atoms with Crippen LogP contribution in [0.15, 0.2) is 28.9 Å². The van der Waals surface area contributed by atoms with E-state index in [9.17, 15) is 22.8 Å². The zero-order chi connectivity index (χ0) is 22.9. The number of piperidine rings is 1. The maximum absolute atomic E-state index is 13.1. The van der Waals surface area contributed by atoms with E-state index in [4.69, 9.17) is 9.15 Å². The molecule has 4 heterocycles. The van der Waals surface area contributed by atoms with Crippen LogP contribution in [-0.2, 0) is 27.1 Å². The van der Waals surface area contributed by atoms with E-state index in [1.165, 1.54) is 25.5 Å². The van der Waals surface area contributed by atoms with Crippen LogP contribution in [0.1, 0.15) is 34.8 Å². The summed E-state index contributed by atoms with van der Waals surface area (Å²) in [6, 6.07) is 4.40. The van der Waals surface area contributed by atoms with Gasteiger partial charge >= 0.3 is 18.1 Å². The number of carbonyl (C=O) groups is 2. The third-order valence-corrected chi connectivity index (χ3v) is 5.15. The molecule has 0 spiro atoms. The predicted octanol–water partition coefficient (Wildman–Crippen LogP) is 2.48. The first-order chi connectivity index (χ1) is 15.3. The van der Waals surface area contributed by atoms with E-state index < -0.39 is 29.9 Å². The largest absolute Gasteiger partial charge is 0.465 e. The lowest BCUT2D eigenvalue weighted by Gasteiger charge is -2.31. The predicted molar refractivity (Wildman–Crippen MR) is 101 cm³/mol. The van der Waals surface area contributed by atoms with E-state index in [1.807, 2.05) is 0 Å². The van der Waals surface area contributed by atoms with Gasteiger partial charge in [0.05, 0.1) is 19.3 Å². The van der Waals surface area contributed by atoms with Gasteiger partial charge in [-0.15, -0.1) is 15.3 Å². The SMILES string of the molecule is COC(=O)c1ccoc1COC(=O)C1CCN(c2ccc3nnc(C(F)(F)F)n3n2)CC1. The second-order valence-electron chi connectivity index (χ2n) is 7.10. The highest BCUT2D eigenvalue weighted by atomic mass is 19.4. The molecule has 32 heavy (non-hydrogen) atoms. The lowest BCUT2D eigenvalue weighted by molar-refractivity contribution is -0.151. The van der Waals surface area contributed by atoms with Gasteiger partial charge in [-0.1, -0.05) is 0 Å². The van der Waals surface area contributed by atoms with E-state index >= 15 is 0 Å². The van der Waals surface area contributed by atoms with Gasteiger partial charge < -0.3 is 18.8 Å². The van der Waals surface area contributed by atoms with Crippen LogP contribution in [0, 0.1) is 5.92 Å². The van der Waals surface area contributed by atoms with Crippen molar-refractivity contribution in [2.75, 3.05) is 25.1 Å². The first-order valence-electron chi connectivity index (χ1n) is 9.64. The molecule has 1 aliphatic heterocycles. The Morgan fingerprint density at radius 1 is 1.19 bits per heavy atom. The minimum Gasteiger partial charge on any atom is -0.465 e. The van der Waals surface area contributed by atoms with Crippen molar-refractivity contribution in [1.82, 2.24) is 19.8 Å². The molecule has 13 heteroatoms. The molecule has 3 aromatic heterocycles. The van der Waals surface area contributed by atoms with E-state index in [1.54, 1.807) is 11.0 Å². The number of alkyl halides is 3. The lowest BCUT2D eigenvalue weighted by Crippen LogP contribution is -2.37. The minimum absolute atomic E-state index is 0.0104. The summed E-state index contributed by atoms with van der Waals surface area (Å²) in [4.78, 5) is 25.9. The van der Waals surface area contributed by atoms with Gasteiger partial charge in [0, 0.05) is 13.1 Å². The minimum atomic E-state index is -4.68. The molecule has 0 N–H and O–H groups in total. The number of halogens is 3. The van der Waals surface area contributed by atoms with E-state index in [-0.39, 0.29) is 23.6 Å². The number of hydrogen-bond acceptors (Lipinski definition) is 9. The molecule has 0 saturated carbocycles. The van der Waals surface area contributed by atoms with Crippen LogP contribution in [0.4, 0.5) is 19.0 Å². The van der Waals surface area contributed by atoms with Crippen molar-refractivity contribution in [3.05, 3.63) is 41.6 Å². The highest BCUT2D eigenvalue weighted by molar-refractivity contribution is 5.90. The molecule has 10 nitrogen and oxygen atoms in total. The molecule has 170 valence electrons. The summed E-state index contributed by atoms with van der Waals surface area (Å²) in [7, 11) is 1.23.